The predicted octanol–water partition coefficient (Wildman–Crippen LogP) is 3.26. The highest BCUT2D eigenvalue weighted by atomic mass is 16.5. The molecule has 23 heavy (non-hydrogen) atoms. The van der Waals surface area contributed by atoms with Crippen molar-refractivity contribution >= 4 is 11.7 Å². The van der Waals surface area contributed by atoms with Gasteiger partial charge in [-0.15, -0.1) is 0 Å². The molecule has 1 aromatic rings. The number of benzene rings is 1. The molecular weight excluding hydrogens is 290 g/mol. The Labute approximate surface area is 137 Å². The average Bonchev–Trinajstić information content (AvgIpc) is 2.96. The molecule has 0 bridgehead atoms. The van der Waals surface area contributed by atoms with Crippen LogP contribution >= 0.6 is 0 Å². The van der Waals surface area contributed by atoms with Crippen LogP contribution in [0.4, 0.5) is 0 Å². The fourth-order valence-corrected chi connectivity index (χ4v) is 3.78. The summed E-state index contributed by atoms with van der Waals surface area (Å²) < 4.78 is 6.01. The first kappa shape index (κ1) is 16.2. The highest BCUT2D eigenvalue weighted by Crippen LogP contribution is 2.39. The van der Waals surface area contributed by atoms with E-state index in [0.717, 1.165) is 19.3 Å². The molecule has 2 aliphatic rings. The van der Waals surface area contributed by atoms with E-state index in [4.69, 9.17) is 4.74 Å². The van der Waals surface area contributed by atoms with E-state index in [2.05, 4.69) is 5.32 Å². The Morgan fingerprint density at radius 1 is 1.09 bits per heavy atom. The standard InChI is InChI=1S/C19H25NO3/c21-17(15-7-3-1-4-8-15)9-10-18(22)20-16-13-19(23-14-16)11-5-2-6-12-19/h1,3-4,7-8,16H,2,5-6,9-14H2,(H,20,22). The second-order valence-electron chi connectivity index (χ2n) is 6.81. The lowest BCUT2D eigenvalue weighted by atomic mass is 9.82. The highest BCUT2D eigenvalue weighted by Gasteiger charge is 2.41. The first-order valence-electron chi connectivity index (χ1n) is 8.68. The van der Waals surface area contributed by atoms with Crippen molar-refractivity contribution in [3.05, 3.63) is 35.9 Å². The second kappa shape index (κ2) is 7.26. The normalized spacial score (nSPS) is 22.9. The van der Waals surface area contributed by atoms with Crippen LogP contribution in [0.2, 0.25) is 0 Å². The molecule has 1 aliphatic heterocycles. The van der Waals surface area contributed by atoms with E-state index in [-0.39, 0.29) is 36.2 Å². The van der Waals surface area contributed by atoms with E-state index in [0.29, 0.717) is 12.2 Å². The Kier molecular flexibility index (Phi) is 5.11. The number of nitrogens with one attached hydrogen (secondary N) is 1. The maximum absolute atomic E-state index is 12.1. The van der Waals surface area contributed by atoms with Crippen molar-refractivity contribution in [2.75, 3.05) is 6.61 Å². The van der Waals surface area contributed by atoms with Gasteiger partial charge in [-0.3, -0.25) is 9.59 Å². The first-order chi connectivity index (χ1) is 11.2. The molecule has 1 aromatic carbocycles. The van der Waals surface area contributed by atoms with Crippen LogP contribution in [0, 0.1) is 0 Å². The third-order valence-corrected chi connectivity index (χ3v) is 5.01. The summed E-state index contributed by atoms with van der Waals surface area (Å²) in [5.41, 5.74) is 0.682. The van der Waals surface area contributed by atoms with Crippen LogP contribution in [-0.4, -0.2) is 29.9 Å². The van der Waals surface area contributed by atoms with Gasteiger partial charge in [-0.2, -0.15) is 0 Å². The van der Waals surface area contributed by atoms with E-state index in [9.17, 15) is 9.59 Å². The third-order valence-electron chi connectivity index (χ3n) is 5.01. The van der Waals surface area contributed by atoms with Gasteiger partial charge in [0.15, 0.2) is 5.78 Å². The molecule has 1 saturated heterocycles. The molecule has 1 heterocycles. The molecule has 0 radical (unpaired) electrons. The van der Waals surface area contributed by atoms with Gasteiger partial charge in [0.2, 0.25) is 5.91 Å². The van der Waals surface area contributed by atoms with E-state index < -0.39 is 0 Å². The molecule has 124 valence electrons. The molecule has 4 nitrogen and oxygen atoms in total. The van der Waals surface area contributed by atoms with Crippen molar-refractivity contribution in [2.45, 2.75) is 63.0 Å². The number of carbonyl (C=O) groups excluding carboxylic acids is 2. The average molecular weight is 315 g/mol. The zero-order chi connectivity index (χ0) is 16.1. The summed E-state index contributed by atoms with van der Waals surface area (Å²) in [7, 11) is 0. The van der Waals surface area contributed by atoms with Crippen LogP contribution in [0.5, 0.6) is 0 Å². The van der Waals surface area contributed by atoms with Crippen LogP contribution in [0.3, 0.4) is 0 Å². The molecule has 4 heteroatoms. The maximum Gasteiger partial charge on any atom is 0.220 e. The molecule has 1 aliphatic carbocycles. The number of hydrogen-bond acceptors (Lipinski definition) is 3. The number of carbonyl (C=O) groups is 2. The molecule has 3 rings (SSSR count). The molecule has 1 spiro atoms. The number of Topliss-reactive ketones (excluding diaryl/α,β-unsaturated/α-hetero) is 1. The summed E-state index contributed by atoms with van der Waals surface area (Å²) in [5.74, 6) is -0.0251. The van der Waals surface area contributed by atoms with Crippen LogP contribution in [-0.2, 0) is 9.53 Å². The summed E-state index contributed by atoms with van der Waals surface area (Å²) in [4.78, 5) is 24.1. The van der Waals surface area contributed by atoms with Gasteiger partial charge in [0.1, 0.15) is 0 Å². The Morgan fingerprint density at radius 3 is 2.57 bits per heavy atom. The van der Waals surface area contributed by atoms with Crippen LogP contribution in [0.15, 0.2) is 30.3 Å². The Balaban J connectivity index is 1.42. The number of ketones is 1. The molecule has 1 N–H and O–H groups in total. The minimum absolute atomic E-state index is 0.00997. The number of amides is 1. The molecule has 1 atom stereocenters. The van der Waals surface area contributed by atoms with E-state index in [1.165, 1.54) is 19.3 Å². The molecule has 1 unspecified atom stereocenters. The van der Waals surface area contributed by atoms with Crippen LogP contribution in [0.1, 0.15) is 61.7 Å². The minimum Gasteiger partial charge on any atom is -0.373 e. The number of rotatable bonds is 5. The van der Waals surface area contributed by atoms with Gasteiger partial charge in [-0.05, 0) is 19.3 Å². The first-order valence-corrected chi connectivity index (χ1v) is 8.68. The summed E-state index contributed by atoms with van der Waals surface area (Å²) in [6.45, 7) is 0.609. The fraction of sp³-hybridized carbons (Fsp3) is 0.579. The van der Waals surface area contributed by atoms with Gasteiger partial charge in [-0.25, -0.2) is 0 Å². The lowest BCUT2D eigenvalue weighted by Crippen LogP contribution is -2.37. The van der Waals surface area contributed by atoms with Crippen LogP contribution in [0.25, 0.3) is 0 Å². The van der Waals surface area contributed by atoms with Gasteiger partial charge in [0.05, 0.1) is 18.2 Å². The molecular formula is C19H25NO3. The van der Waals surface area contributed by atoms with Gasteiger partial charge in [-0.1, -0.05) is 49.6 Å². The maximum atomic E-state index is 12.1. The Bertz CT molecular complexity index is 549. The number of hydrogen-bond donors (Lipinski definition) is 1. The van der Waals surface area contributed by atoms with E-state index in [1.54, 1.807) is 12.1 Å². The summed E-state index contributed by atoms with van der Waals surface area (Å²) >= 11 is 0. The van der Waals surface area contributed by atoms with Crippen molar-refractivity contribution in [2.24, 2.45) is 0 Å². The third kappa shape index (κ3) is 4.20. The molecule has 1 saturated carbocycles. The largest absolute Gasteiger partial charge is 0.373 e. The monoisotopic (exact) mass is 315 g/mol. The molecule has 1 amide bonds. The summed E-state index contributed by atoms with van der Waals surface area (Å²) in [5, 5.41) is 3.04. The molecule has 2 fully saturated rings. The van der Waals surface area contributed by atoms with Crippen molar-refractivity contribution < 1.29 is 14.3 Å². The smallest absolute Gasteiger partial charge is 0.220 e. The summed E-state index contributed by atoms with van der Waals surface area (Å²) in [6, 6.07) is 9.24. The topological polar surface area (TPSA) is 55.4 Å². The lowest BCUT2D eigenvalue weighted by Gasteiger charge is -2.32. The van der Waals surface area contributed by atoms with Crippen LogP contribution < -0.4 is 5.32 Å². The fourth-order valence-electron chi connectivity index (χ4n) is 3.78. The quantitative estimate of drug-likeness (QED) is 0.849. The molecule has 0 aromatic heterocycles. The van der Waals surface area contributed by atoms with Gasteiger partial charge >= 0.3 is 0 Å². The minimum atomic E-state index is -0.0456. The van der Waals surface area contributed by atoms with Gasteiger partial charge < -0.3 is 10.1 Å². The highest BCUT2D eigenvalue weighted by molar-refractivity contribution is 5.97. The van der Waals surface area contributed by atoms with E-state index in [1.807, 2.05) is 18.2 Å². The Morgan fingerprint density at radius 2 is 1.83 bits per heavy atom. The Hall–Kier alpha value is -1.68. The van der Waals surface area contributed by atoms with E-state index >= 15 is 0 Å². The zero-order valence-corrected chi connectivity index (χ0v) is 13.6. The predicted molar refractivity (Wildman–Crippen MR) is 88.3 cm³/mol. The summed E-state index contributed by atoms with van der Waals surface area (Å²) in [6.07, 6.45) is 7.41. The lowest BCUT2D eigenvalue weighted by molar-refractivity contribution is -0.121. The second-order valence-corrected chi connectivity index (χ2v) is 6.81. The van der Waals surface area contributed by atoms with Crippen molar-refractivity contribution in [3.63, 3.8) is 0 Å². The van der Waals surface area contributed by atoms with Crippen molar-refractivity contribution in [3.8, 4) is 0 Å². The number of ether oxygens (including phenoxy) is 1. The van der Waals surface area contributed by atoms with Crippen molar-refractivity contribution in [1.82, 2.24) is 5.32 Å². The zero-order valence-electron chi connectivity index (χ0n) is 13.6. The SMILES string of the molecule is O=C(CCC(=O)c1ccccc1)NC1COC2(CCCCC2)C1. The van der Waals surface area contributed by atoms with Crippen molar-refractivity contribution in [1.29, 1.82) is 0 Å². The van der Waals surface area contributed by atoms with Gasteiger partial charge in [0, 0.05) is 18.4 Å². The van der Waals surface area contributed by atoms with Gasteiger partial charge in [0.25, 0.3) is 0 Å².